The van der Waals surface area contributed by atoms with E-state index >= 15 is 0 Å². The number of amidine groups is 1. The molecule has 0 bridgehead atoms. The fourth-order valence-electron chi connectivity index (χ4n) is 2.03. The standard InChI is InChI=1S/C9H19N3O3S/c1-16(14,15)7-3-6-12-5-2-4-8(12)9(10)11-13/h8,13H,2-7H2,1H3,(H2,10,11). The van der Waals surface area contributed by atoms with E-state index in [1.165, 1.54) is 6.26 Å². The molecule has 0 radical (unpaired) electrons. The molecule has 1 aliphatic rings. The Morgan fingerprint density at radius 1 is 1.62 bits per heavy atom. The van der Waals surface area contributed by atoms with Gasteiger partial charge in [-0.05, 0) is 32.4 Å². The first-order valence-corrected chi connectivity index (χ1v) is 7.39. The lowest BCUT2D eigenvalue weighted by molar-refractivity contribution is 0.281. The SMILES string of the molecule is CS(=O)(=O)CCCN1CCCC1C(N)=NO. The number of hydrogen-bond acceptors (Lipinski definition) is 5. The molecule has 1 unspecified atom stereocenters. The summed E-state index contributed by atoms with van der Waals surface area (Å²) in [6.45, 7) is 1.55. The summed E-state index contributed by atoms with van der Waals surface area (Å²) in [7, 11) is -2.90. The summed E-state index contributed by atoms with van der Waals surface area (Å²) >= 11 is 0. The molecule has 1 aliphatic heterocycles. The molecule has 0 spiro atoms. The van der Waals surface area contributed by atoms with E-state index in [9.17, 15) is 8.42 Å². The highest BCUT2D eigenvalue weighted by Gasteiger charge is 2.27. The maximum Gasteiger partial charge on any atom is 0.156 e. The van der Waals surface area contributed by atoms with Gasteiger partial charge in [0.15, 0.2) is 5.84 Å². The van der Waals surface area contributed by atoms with Crippen molar-refractivity contribution in [2.75, 3.05) is 25.1 Å². The van der Waals surface area contributed by atoms with Crippen LogP contribution in [0.1, 0.15) is 19.3 Å². The Morgan fingerprint density at radius 3 is 2.88 bits per heavy atom. The number of likely N-dealkylation sites (tertiary alicyclic amines) is 1. The third kappa shape index (κ3) is 3.97. The zero-order chi connectivity index (χ0) is 12.2. The lowest BCUT2D eigenvalue weighted by Crippen LogP contribution is -2.41. The molecule has 16 heavy (non-hydrogen) atoms. The summed E-state index contributed by atoms with van der Waals surface area (Å²) < 4.78 is 21.9. The van der Waals surface area contributed by atoms with Gasteiger partial charge in [0, 0.05) is 6.26 Å². The predicted octanol–water partition coefficient (Wildman–Crippen LogP) is -0.368. The molecule has 1 atom stereocenters. The molecule has 0 aliphatic carbocycles. The summed E-state index contributed by atoms with van der Waals surface area (Å²) in [5, 5.41) is 11.6. The van der Waals surface area contributed by atoms with Crippen LogP contribution in [0.5, 0.6) is 0 Å². The van der Waals surface area contributed by atoms with Crippen LogP contribution < -0.4 is 5.73 Å². The van der Waals surface area contributed by atoms with Crippen LogP contribution in [-0.4, -0.2) is 55.5 Å². The van der Waals surface area contributed by atoms with E-state index < -0.39 is 9.84 Å². The van der Waals surface area contributed by atoms with Crippen LogP contribution >= 0.6 is 0 Å². The van der Waals surface area contributed by atoms with E-state index in [2.05, 4.69) is 10.1 Å². The van der Waals surface area contributed by atoms with Crippen molar-refractivity contribution in [2.24, 2.45) is 10.9 Å². The Kier molecular flexibility index (Phi) is 4.55. The van der Waals surface area contributed by atoms with E-state index in [0.29, 0.717) is 13.0 Å². The smallest absolute Gasteiger partial charge is 0.156 e. The number of sulfone groups is 1. The number of oxime groups is 1. The molecule has 7 heteroatoms. The lowest BCUT2D eigenvalue weighted by atomic mass is 10.2. The minimum absolute atomic E-state index is 0.0374. The Bertz CT molecular complexity index is 353. The zero-order valence-corrected chi connectivity index (χ0v) is 10.3. The molecule has 6 nitrogen and oxygen atoms in total. The van der Waals surface area contributed by atoms with Crippen LogP contribution in [0.2, 0.25) is 0 Å². The molecular weight excluding hydrogens is 230 g/mol. The quantitative estimate of drug-likeness (QED) is 0.300. The number of nitrogens with zero attached hydrogens (tertiary/aromatic N) is 2. The largest absolute Gasteiger partial charge is 0.409 e. The van der Waals surface area contributed by atoms with E-state index in [-0.39, 0.29) is 17.6 Å². The molecule has 0 aromatic carbocycles. The summed E-state index contributed by atoms with van der Waals surface area (Å²) in [5.41, 5.74) is 5.57. The third-order valence-corrected chi connectivity index (χ3v) is 3.81. The van der Waals surface area contributed by atoms with Crippen molar-refractivity contribution in [3.05, 3.63) is 0 Å². The molecule has 94 valence electrons. The molecule has 1 rings (SSSR count). The molecule has 1 saturated heterocycles. The van der Waals surface area contributed by atoms with Crippen LogP contribution in [0, 0.1) is 0 Å². The Hall–Kier alpha value is -0.820. The van der Waals surface area contributed by atoms with Crippen molar-refractivity contribution < 1.29 is 13.6 Å². The molecule has 0 saturated carbocycles. The van der Waals surface area contributed by atoms with Crippen LogP contribution in [0.25, 0.3) is 0 Å². The highest BCUT2D eigenvalue weighted by molar-refractivity contribution is 7.90. The van der Waals surface area contributed by atoms with Gasteiger partial charge in [0.25, 0.3) is 0 Å². The zero-order valence-electron chi connectivity index (χ0n) is 9.46. The maximum absolute atomic E-state index is 11.0. The molecule has 0 aromatic heterocycles. The minimum atomic E-state index is -2.90. The average molecular weight is 249 g/mol. The summed E-state index contributed by atoms with van der Waals surface area (Å²) in [6.07, 6.45) is 3.70. The Labute approximate surface area is 96.0 Å². The second kappa shape index (κ2) is 5.49. The van der Waals surface area contributed by atoms with Crippen molar-refractivity contribution in [3.8, 4) is 0 Å². The van der Waals surface area contributed by atoms with E-state index in [1.807, 2.05) is 0 Å². The number of rotatable bonds is 5. The Balaban J connectivity index is 2.42. The van der Waals surface area contributed by atoms with Gasteiger partial charge in [-0.1, -0.05) is 5.16 Å². The van der Waals surface area contributed by atoms with E-state index in [0.717, 1.165) is 19.4 Å². The monoisotopic (exact) mass is 249 g/mol. The van der Waals surface area contributed by atoms with Gasteiger partial charge in [0.2, 0.25) is 0 Å². The van der Waals surface area contributed by atoms with Crippen LogP contribution in [-0.2, 0) is 9.84 Å². The predicted molar refractivity (Wildman–Crippen MR) is 62.3 cm³/mol. The first-order valence-electron chi connectivity index (χ1n) is 5.33. The molecule has 1 fully saturated rings. The minimum Gasteiger partial charge on any atom is -0.409 e. The van der Waals surface area contributed by atoms with Crippen molar-refractivity contribution in [3.63, 3.8) is 0 Å². The summed E-state index contributed by atoms with van der Waals surface area (Å²) in [4.78, 5) is 2.07. The first-order chi connectivity index (χ1) is 7.44. The second-order valence-electron chi connectivity index (χ2n) is 4.20. The third-order valence-electron chi connectivity index (χ3n) is 2.78. The van der Waals surface area contributed by atoms with Gasteiger partial charge in [-0.15, -0.1) is 0 Å². The van der Waals surface area contributed by atoms with Gasteiger partial charge >= 0.3 is 0 Å². The van der Waals surface area contributed by atoms with Crippen LogP contribution in [0.15, 0.2) is 5.16 Å². The van der Waals surface area contributed by atoms with Crippen molar-refractivity contribution in [1.29, 1.82) is 0 Å². The van der Waals surface area contributed by atoms with Gasteiger partial charge in [-0.3, -0.25) is 4.90 Å². The summed E-state index contributed by atoms with van der Waals surface area (Å²) in [5.74, 6) is 0.406. The van der Waals surface area contributed by atoms with Crippen molar-refractivity contribution in [2.45, 2.75) is 25.3 Å². The van der Waals surface area contributed by atoms with Gasteiger partial charge in [-0.25, -0.2) is 8.42 Å². The molecular formula is C9H19N3O3S. The Morgan fingerprint density at radius 2 is 2.31 bits per heavy atom. The van der Waals surface area contributed by atoms with E-state index in [1.54, 1.807) is 0 Å². The van der Waals surface area contributed by atoms with Gasteiger partial charge < -0.3 is 10.9 Å². The normalized spacial score (nSPS) is 23.8. The summed E-state index contributed by atoms with van der Waals surface area (Å²) in [6, 6.07) is -0.0374. The fourth-order valence-corrected chi connectivity index (χ4v) is 2.68. The number of nitrogens with two attached hydrogens (primary N) is 1. The first kappa shape index (κ1) is 13.2. The average Bonchev–Trinajstić information content (AvgIpc) is 2.63. The highest BCUT2D eigenvalue weighted by Crippen LogP contribution is 2.17. The molecule has 1 heterocycles. The van der Waals surface area contributed by atoms with Crippen molar-refractivity contribution in [1.82, 2.24) is 4.90 Å². The second-order valence-corrected chi connectivity index (χ2v) is 6.46. The van der Waals surface area contributed by atoms with Gasteiger partial charge in [0.05, 0.1) is 11.8 Å². The highest BCUT2D eigenvalue weighted by atomic mass is 32.2. The van der Waals surface area contributed by atoms with Crippen LogP contribution in [0.4, 0.5) is 0 Å². The lowest BCUT2D eigenvalue weighted by Gasteiger charge is -2.22. The van der Waals surface area contributed by atoms with Crippen molar-refractivity contribution >= 4 is 15.7 Å². The van der Waals surface area contributed by atoms with Gasteiger partial charge in [-0.2, -0.15) is 0 Å². The topological polar surface area (TPSA) is 96.0 Å². The van der Waals surface area contributed by atoms with E-state index in [4.69, 9.17) is 10.9 Å². The maximum atomic E-state index is 11.0. The fraction of sp³-hybridized carbons (Fsp3) is 0.889. The molecule has 3 N–H and O–H groups in total. The number of hydrogen-bond donors (Lipinski definition) is 2. The van der Waals surface area contributed by atoms with Gasteiger partial charge in [0.1, 0.15) is 9.84 Å². The van der Waals surface area contributed by atoms with Crippen LogP contribution in [0.3, 0.4) is 0 Å². The molecule has 0 aromatic rings. The molecule has 0 amide bonds.